The van der Waals surface area contributed by atoms with Crippen LogP contribution in [0.5, 0.6) is 11.5 Å². The van der Waals surface area contributed by atoms with E-state index in [2.05, 4.69) is 0 Å². The molecule has 0 spiro atoms. The predicted molar refractivity (Wildman–Crippen MR) is 107 cm³/mol. The van der Waals surface area contributed by atoms with E-state index in [1.165, 1.54) is 0 Å². The summed E-state index contributed by atoms with van der Waals surface area (Å²) in [5.41, 5.74) is 3.36. The van der Waals surface area contributed by atoms with E-state index in [0.29, 0.717) is 43.2 Å². The van der Waals surface area contributed by atoms with Gasteiger partial charge in [-0.2, -0.15) is 0 Å². The van der Waals surface area contributed by atoms with Crippen LogP contribution in [0.4, 0.5) is 0 Å². The molecule has 0 unspecified atom stereocenters. The second kappa shape index (κ2) is 8.33. The lowest BCUT2D eigenvalue weighted by atomic mass is 10.0. The summed E-state index contributed by atoms with van der Waals surface area (Å²) in [7, 11) is 3.11. The lowest BCUT2D eigenvalue weighted by molar-refractivity contribution is 0.0534. The zero-order valence-electron chi connectivity index (χ0n) is 16.8. The first-order chi connectivity index (χ1) is 13.4. The van der Waals surface area contributed by atoms with Crippen LogP contribution >= 0.6 is 0 Å². The number of hydrogen-bond donors (Lipinski definition) is 0. The van der Waals surface area contributed by atoms with Crippen molar-refractivity contribution < 1.29 is 19.1 Å². The zero-order chi connectivity index (χ0) is 20.3. The minimum atomic E-state index is -0.0870. The first-order valence-electron chi connectivity index (χ1n) is 9.32. The van der Waals surface area contributed by atoms with Gasteiger partial charge in [-0.3, -0.25) is 9.59 Å². The molecule has 0 aromatic heterocycles. The Morgan fingerprint density at radius 1 is 0.821 bits per heavy atom. The van der Waals surface area contributed by atoms with Gasteiger partial charge in [0, 0.05) is 43.4 Å². The van der Waals surface area contributed by atoms with Gasteiger partial charge in [0.25, 0.3) is 11.8 Å². The van der Waals surface area contributed by atoms with E-state index in [1.54, 1.807) is 37.3 Å². The molecule has 28 heavy (non-hydrogen) atoms. The third-order valence-corrected chi connectivity index (χ3v) is 5.29. The van der Waals surface area contributed by atoms with Crippen molar-refractivity contribution in [3.8, 4) is 11.5 Å². The summed E-state index contributed by atoms with van der Waals surface area (Å²) in [6.07, 6.45) is 0. The van der Waals surface area contributed by atoms with Gasteiger partial charge < -0.3 is 19.3 Å². The van der Waals surface area contributed by atoms with E-state index in [4.69, 9.17) is 9.47 Å². The van der Waals surface area contributed by atoms with Gasteiger partial charge in [-0.1, -0.05) is 12.1 Å². The Hall–Kier alpha value is -3.02. The van der Waals surface area contributed by atoms with Crippen molar-refractivity contribution in [1.82, 2.24) is 9.80 Å². The molecule has 6 heteroatoms. The van der Waals surface area contributed by atoms with E-state index < -0.39 is 0 Å². The minimum Gasteiger partial charge on any atom is -0.497 e. The number of rotatable bonds is 4. The molecule has 6 nitrogen and oxygen atoms in total. The molecule has 0 atom stereocenters. The standard InChI is InChI=1S/C22H26N2O4/c1-15-6-5-7-20(16(15)2)22(26)24-10-8-23(9-11-24)21(25)17-12-18(27-3)14-19(13-17)28-4/h5-7,12-14H,8-11H2,1-4H3. The van der Waals surface area contributed by atoms with E-state index >= 15 is 0 Å². The number of carbonyl (C=O) groups is 2. The Kier molecular flexibility index (Phi) is 5.87. The Labute approximate surface area is 165 Å². The smallest absolute Gasteiger partial charge is 0.254 e. The monoisotopic (exact) mass is 382 g/mol. The van der Waals surface area contributed by atoms with Gasteiger partial charge in [-0.15, -0.1) is 0 Å². The van der Waals surface area contributed by atoms with Crippen molar-refractivity contribution in [2.45, 2.75) is 13.8 Å². The van der Waals surface area contributed by atoms with Crippen LogP contribution in [-0.2, 0) is 0 Å². The first-order valence-corrected chi connectivity index (χ1v) is 9.32. The molecule has 2 amide bonds. The maximum atomic E-state index is 12.9. The van der Waals surface area contributed by atoms with Crippen molar-refractivity contribution in [3.05, 3.63) is 58.7 Å². The van der Waals surface area contributed by atoms with Gasteiger partial charge in [-0.25, -0.2) is 0 Å². The van der Waals surface area contributed by atoms with Crippen molar-refractivity contribution >= 4 is 11.8 Å². The van der Waals surface area contributed by atoms with Crippen LogP contribution in [0.15, 0.2) is 36.4 Å². The largest absolute Gasteiger partial charge is 0.497 e. The van der Waals surface area contributed by atoms with Gasteiger partial charge in [0.2, 0.25) is 0 Å². The molecule has 1 heterocycles. The van der Waals surface area contributed by atoms with Crippen molar-refractivity contribution in [2.75, 3.05) is 40.4 Å². The number of piperazine rings is 1. The highest BCUT2D eigenvalue weighted by Gasteiger charge is 2.26. The summed E-state index contributed by atoms with van der Waals surface area (Å²) in [6.45, 7) is 5.99. The maximum absolute atomic E-state index is 12.9. The Balaban J connectivity index is 1.69. The van der Waals surface area contributed by atoms with Crippen molar-refractivity contribution in [2.24, 2.45) is 0 Å². The average Bonchev–Trinajstić information content (AvgIpc) is 2.74. The number of methoxy groups -OCH3 is 2. The van der Waals surface area contributed by atoms with Crippen molar-refractivity contribution in [1.29, 1.82) is 0 Å². The molecule has 3 rings (SSSR count). The molecule has 0 aliphatic carbocycles. The number of ether oxygens (including phenoxy) is 2. The number of benzene rings is 2. The fourth-order valence-electron chi connectivity index (χ4n) is 3.38. The van der Waals surface area contributed by atoms with Crippen molar-refractivity contribution in [3.63, 3.8) is 0 Å². The number of amides is 2. The topological polar surface area (TPSA) is 59.1 Å². The molecule has 1 saturated heterocycles. The number of hydrogen-bond acceptors (Lipinski definition) is 4. The molecule has 0 saturated carbocycles. The molecule has 0 bridgehead atoms. The number of nitrogens with zero attached hydrogens (tertiary/aromatic N) is 2. The van der Waals surface area contributed by atoms with Crippen LogP contribution < -0.4 is 9.47 Å². The second-order valence-corrected chi connectivity index (χ2v) is 6.93. The third kappa shape index (κ3) is 3.96. The highest BCUT2D eigenvalue weighted by molar-refractivity contribution is 5.97. The van der Waals surface area contributed by atoms with E-state index in [9.17, 15) is 9.59 Å². The number of carbonyl (C=O) groups excluding carboxylic acids is 2. The summed E-state index contributed by atoms with van der Waals surface area (Å²) in [5, 5.41) is 0. The van der Waals surface area contributed by atoms with Gasteiger partial charge in [0.05, 0.1) is 14.2 Å². The fourth-order valence-corrected chi connectivity index (χ4v) is 3.38. The summed E-state index contributed by atoms with van der Waals surface area (Å²) in [4.78, 5) is 29.4. The van der Waals surface area contributed by atoms with Crippen LogP contribution in [0.25, 0.3) is 0 Å². The molecule has 1 aliphatic heterocycles. The van der Waals surface area contributed by atoms with Gasteiger partial charge in [0.1, 0.15) is 11.5 Å². The lowest BCUT2D eigenvalue weighted by Crippen LogP contribution is -2.50. The summed E-state index contributed by atoms with van der Waals surface area (Å²) in [6, 6.07) is 10.9. The Morgan fingerprint density at radius 3 is 1.89 bits per heavy atom. The van der Waals surface area contributed by atoms with Crippen LogP contribution in [0.1, 0.15) is 31.8 Å². The Morgan fingerprint density at radius 2 is 1.36 bits per heavy atom. The molecule has 0 N–H and O–H groups in total. The normalized spacial score (nSPS) is 14.0. The molecular formula is C22H26N2O4. The van der Waals surface area contributed by atoms with E-state index in [0.717, 1.165) is 16.7 Å². The molecule has 1 aliphatic rings. The SMILES string of the molecule is COc1cc(OC)cc(C(=O)N2CCN(C(=O)c3cccc(C)c3C)CC2)c1. The fraction of sp³-hybridized carbons (Fsp3) is 0.364. The van der Waals surface area contributed by atoms with Gasteiger partial charge in [0.15, 0.2) is 0 Å². The lowest BCUT2D eigenvalue weighted by Gasteiger charge is -2.35. The molecule has 2 aromatic carbocycles. The van der Waals surface area contributed by atoms with E-state index in [-0.39, 0.29) is 11.8 Å². The van der Waals surface area contributed by atoms with Crippen LogP contribution in [0, 0.1) is 13.8 Å². The predicted octanol–water partition coefficient (Wildman–Crippen LogP) is 2.92. The summed E-state index contributed by atoms with van der Waals surface area (Å²) >= 11 is 0. The first kappa shape index (κ1) is 19.7. The highest BCUT2D eigenvalue weighted by atomic mass is 16.5. The number of aryl methyl sites for hydroxylation is 1. The minimum absolute atomic E-state index is 0.0244. The molecule has 148 valence electrons. The molecular weight excluding hydrogens is 356 g/mol. The van der Waals surface area contributed by atoms with Gasteiger partial charge >= 0.3 is 0 Å². The summed E-state index contributed by atoms with van der Waals surface area (Å²) < 4.78 is 10.5. The van der Waals surface area contributed by atoms with Crippen LogP contribution in [0.2, 0.25) is 0 Å². The molecule has 1 fully saturated rings. The molecule has 2 aromatic rings. The quantitative estimate of drug-likeness (QED) is 0.816. The zero-order valence-corrected chi connectivity index (χ0v) is 16.8. The van der Waals surface area contributed by atoms with Gasteiger partial charge in [-0.05, 0) is 43.2 Å². The molecule has 0 radical (unpaired) electrons. The summed E-state index contributed by atoms with van der Waals surface area (Å²) in [5.74, 6) is 1.09. The average molecular weight is 382 g/mol. The van der Waals surface area contributed by atoms with Crippen LogP contribution in [0.3, 0.4) is 0 Å². The van der Waals surface area contributed by atoms with E-state index in [1.807, 2.05) is 36.9 Å². The third-order valence-electron chi connectivity index (χ3n) is 5.29. The highest BCUT2D eigenvalue weighted by Crippen LogP contribution is 2.24. The Bertz CT molecular complexity index is 864. The second-order valence-electron chi connectivity index (χ2n) is 6.93. The van der Waals surface area contributed by atoms with Crippen LogP contribution in [-0.4, -0.2) is 62.0 Å². The maximum Gasteiger partial charge on any atom is 0.254 e.